The number of hydrogen-bond acceptors (Lipinski definition) is 4. The van der Waals surface area contributed by atoms with E-state index in [9.17, 15) is 4.79 Å². The molecule has 0 aliphatic carbocycles. The van der Waals surface area contributed by atoms with Crippen molar-refractivity contribution >= 4 is 6.09 Å². The quantitative estimate of drug-likeness (QED) is 0.745. The minimum Gasteiger partial charge on any atom is -0.444 e. The van der Waals surface area contributed by atoms with E-state index in [2.05, 4.69) is 26.3 Å². The van der Waals surface area contributed by atoms with Gasteiger partial charge in [-0.25, -0.2) is 4.79 Å². The number of hydroxylamine groups is 1. The van der Waals surface area contributed by atoms with Gasteiger partial charge in [-0.2, -0.15) is 5.48 Å². The van der Waals surface area contributed by atoms with E-state index >= 15 is 0 Å². The van der Waals surface area contributed by atoms with Gasteiger partial charge in [0.25, 0.3) is 0 Å². The first-order valence-electron chi connectivity index (χ1n) is 9.06. The molecule has 0 aromatic carbocycles. The fraction of sp³-hybridized carbons (Fsp3) is 0.944. The van der Waals surface area contributed by atoms with Gasteiger partial charge >= 0.3 is 6.09 Å². The minimum absolute atomic E-state index is 0.181. The number of nitrogens with one attached hydrogen (secondary N) is 1. The second-order valence-corrected chi connectivity index (χ2v) is 8.14. The molecule has 1 saturated heterocycles. The molecule has 2 atom stereocenters. The molecule has 1 rings (SSSR count). The fourth-order valence-electron chi connectivity index (χ4n) is 2.80. The largest absolute Gasteiger partial charge is 0.444 e. The van der Waals surface area contributed by atoms with Gasteiger partial charge in [-0.1, -0.05) is 26.7 Å². The van der Waals surface area contributed by atoms with Crippen molar-refractivity contribution < 1.29 is 14.4 Å². The number of nitrogens with zero attached hydrogens (tertiary/aromatic N) is 1. The van der Waals surface area contributed by atoms with Gasteiger partial charge < -0.3 is 14.5 Å². The lowest BCUT2D eigenvalue weighted by Crippen LogP contribution is -2.45. The molecular formula is C18H36N2O3. The molecule has 1 heterocycles. The van der Waals surface area contributed by atoms with Crippen LogP contribution in [0.5, 0.6) is 0 Å². The summed E-state index contributed by atoms with van der Waals surface area (Å²) in [6.45, 7) is 13.6. The molecule has 0 aromatic heterocycles. The van der Waals surface area contributed by atoms with Crippen LogP contribution in [-0.2, 0) is 9.57 Å². The lowest BCUT2D eigenvalue weighted by atomic mass is 10.0. The molecule has 0 radical (unpaired) electrons. The molecular weight excluding hydrogens is 292 g/mol. The van der Waals surface area contributed by atoms with Crippen molar-refractivity contribution in [3.63, 3.8) is 0 Å². The van der Waals surface area contributed by atoms with E-state index < -0.39 is 5.60 Å². The predicted octanol–water partition coefficient (Wildman–Crippen LogP) is 4.12. The third kappa shape index (κ3) is 8.56. The number of likely N-dealkylation sites (tertiary alicyclic amines) is 1. The van der Waals surface area contributed by atoms with Gasteiger partial charge in [0, 0.05) is 18.6 Å². The Morgan fingerprint density at radius 2 is 1.91 bits per heavy atom. The van der Waals surface area contributed by atoms with Crippen LogP contribution in [0.3, 0.4) is 0 Å². The topological polar surface area (TPSA) is 50.8 Å². The average Bonchev–Trinajstić information content (AvgIpc) is 2.61. The zero-order valence-corrected chi connectivity index (χ0v) is 15.9. The summed E-state index contributed by atoms with van der Waals surface area (Å²) in [7, 11) is 0. The van der Waals surface area contributed by atoms with Crippen LogP contribution in [-0.4, -0.2) is 41.8 Å². The maximum absolute atomic E-state index is 12.5. The van der Waals surface area contributed by atoms with Gasteiger partial charge in [0.2, 0.25) is 0 Å². The van der Waals surface area contributed by atoms with Crippen LogP contribution in [0.2, 0.25) is 0 Å². The van der Waals surface area contributed by atoms with E-state index in [1.165, 1.54) is 12.8 Å². The van der Waals surface area contributed by atoms with Crippen molar-refractivity contribution in [1.29, 1.82) is 0 Å². The normalized spacial score (nSPS) is 21.2. The Morgan fingerprint density at radius 3 is 2.52 bits per heavy atom. The van der Waals surface area contributed by atoms with Crippen LogP contribution in [0.4, 0.5) is 4.79 Å². The first kappa shape index (κ1) is 20.2. The van der Waals surface area contributed by atoms with Gasteiger partial charge in [-0.3, -0.25) is 0 Å². The number of rotatable bonds is 6. The van der Waals surface area contributed by atoms with Crippen molar-refractivity contribution in [1.82, 2.24) is 10.4 Å². The molecule has 136 valence electrons. The molecule has 1 aliphatic heterocycles. The van der Waals surface area contributed by atoms with Crippen LogP contribution in [0.15, 0.2) is 0 Å². The maximum atomic E-state index is 12.5. The first-order chi connectivity index (χ1) is 10.7. The molecule has 1 amide bonds. The number of amides is 1. The third-order valence-corrected chi connectivity index (χ3v) is 3.83. The van der Waals surface area contributed by atoms with Crippen molar-refractivity contribution in [2.75, 3.05) is 13.2 Å². The van der Waals surface area contributed by atoms with Crippen LogP contribution in [0, 0.1) is 5.92 Å². The highest BCUT2D eigenvalue weighted by Gasteiger charge is 2.30. The number of ether oxygens (including phenoxy) is 1. The van der Waals surface area contributed by atoms with E-state index in [1.807, 2.05) is 25.7 Å². The molecule has 23 heavy (non-hydrogen) atoms. The maximum Gasteiger partial charge on any atom is 0.410 e. The lowest BCUT2D eigenvalue weighted by molar-refractivity contribution is -0.00890. The summed E-state index contributed by atoms with van der Waals surface area (Å²) in [4.78, 5) is 20.0. The molecule has 1 aliphatic rings. The Labute approximate surface area is 142 Å². The summed E-state index contributed by atoms with van der Waals surface area (Å²) in [5, 5.41) is 0. The van der Waals surface area contributed by atoms with Crippen molar-refractivity contribution in [3.8, 4) is 0 Å². The van der Waals surface area contributed by atoms with Crippen molar-refractivity contribution in [2.45, 2.75) is 91.3 Å². The highest BCUT2D eigenvalue weighted by Crippen LogP contribution is 2.23. The van der Waals surface area contributed by atoms with Gasteiger partial charge in [-0.05, 0) is 52.9 Å². The highest BCUT2D eigenvalue weighted by atomic mass is 16.6. The number of hydrogen-bond donors (Lipinski definition) is 1. The summed E-state index contributed by atoms with van der Waals surface area (Å²) < 4.78 is 5.59. The predicted molar refractivity (Wildman–Crippen MR) is 93.2 cm³/mol. The molecule has 0 aromatic rings. The second kappa shape index (κ2) is 9.48. The van der Waals surface area contributed by atoms with E-state index in [-0.39, 0.29) is 18.2 Å². The van der Waals surface area contributed by atoms with Crippen molar-refractivity contribution in [3.05, 3.63) is 0 Å². The average molecular weight is 328 g/mol. The SMILES string of the molecule is CC(C)CONC(C)CC1CCCCCN1C(=O)OC(C)(C)C. The van der Waals surface area contributed by atoms with Crippen molar-refractivity contribution in [2.24, 2.45) is 5.92 Å². The molecule has 1 fully saturated rings. The van der Waals surface area contributed by atoms with E-state index in [1.54, 1.807) is 0 Å². The number of carbonyl (C=O) groups is 1. The summed E-state index contributed by atoms with van der Waals surface area (Å²) in [5.41, 5.74) is 2.66. The molecule has 2 unspecified atom stereocenters. The zero-order chi connectivity index (χ0) is 17.5. The Bertz CT molecular complexity index is 353. The number of carbonyl (C=O) groups excluding carboxylic acids is 1. The smallest absolute Gasteiger partial charge is 0.410 e. The Balaban J connectivity index is 2.57. The molecule has 0 saturated carbocycles. The highest BCUT2D eigenvalue weighted by molar-refractivity contribution is 5.68. The molecule has 1 N–H and O–H groups in total. The van der Waals surface area contributed by atoms with Gasteiger partial charge in [0.05, 0.1) is 6.61 Å². The summed E-state index contributed by atoms with van der Waals surface area (Å²) in [6.07, 6.45) is 5.15. The molecule has 5 nitrogen and oxygen atoms in total. The standard InChI is InChI=1S/C18H36N2O3/c1-14(2)13-22-19-15(3)12-16-10-8-7-9-11-20(16)17(21)23-18(4,5)6/h14-16,19H,7-13H2,1-6H3. The molecule has 0 spiro atoms. The monoisotopic (exact) mass is 328 g/mol. The van der Waals surface area contributed by atoms with Crippen LogP contribution in [0.1, 0.15) is 73.6 Å². The Kier molecular flexibility index (Phi) is 8.34. The van der Waals surface area contributed by atoms with Gasteiger partial charge in [0.1, 0.15) is 5.60 Å². The Hall–Kier alpha value is -0.810. The summed E-state index contributed by atoms with van der Waals surface area (Å²) in [6, 6.07) is 0.430. The van der Waals surface area contributed by atoms with Crippen LogP contribution in [0.25, 0.3) is 0 Å². The van der Waals surface area contributed by atoms with Gasteiger partial charge in [-0.15, -0.1) is 0 Å². The van der Waals surface area contributed by atoms with E-state index in [0.29, 0.717) is 12.5 Å². The van der Waals surface area contributed by atoms with Crippen LogP contribution >= 0.6 is 0 Å². The fourth-order valence-corrected chi connectivity index (χ4v) is 2.80. The first-order valence-corrected chi connectivity index (χ1v) is 9.06. The Morgan fingerprint density at radius 1 is 1.22 bits per heavy atom. The minimum atomic E-state index is -0.446. The van der Waals surface area contributed by atoms with E-state index in [0.717, 1.165) is 25.8 Å². The molecule has 5 heteroatoms. The zero-order valence-electron chi connectivity index (χ0n) is 15.9. The van der Waals surface area contributed by atoms with Gasteiger partial charge in [0.15, 0.2) is 0 Å². The lowest BCUT2D eigenvalue weighted by Gasteiger charge is -2.33. The third-order valence-electron chi connectivity index (χ3n) is 3.83. The summed E-state index contributed by atoms with van der Waals surface area (Å²) in [5.74, 6) is 0.505. The second-order valence-electron chi connectivity index (χ2n) is 8.14. The summed E-state index contributed by atoms with van der Waals surface area (Å²) >= 11 is 0. The van der Waals surface area contributed by atoms with Crippen LogP contribution < -0.4 is 5.48 Å². The molecule has 0 bridgehead atoms. The van der Waals surface area contributed by atoms with E-state index in [4.69, 9.17) is 9.57 Å².